The van der Waals surface area contributed by atoms with Crippen LogP contribution in [-0.2, 0) is 6.42 Å². The molecule has 2 aromatic carbocycles. The lowest BCUT2D eigenvalue weighted by atomic mass is 9.97. The van der Waals surface area contributed by atoms with E-state index in [1.165, 1.54) is 16.8 Å². The molecule has 0 saturated heterocycles. The highest BCUT2D eigenvalue weighted by Crippen LogP contribution is 2.34. The van der Waals surface area contributed by atoms with Gasteiger partial charge in [0.15, 0.2) is 5.82 Å². The Bertz CT molecular complexity index is 1250. The highest BCUT2D eigenvalue weighted by atomic mass is 15.7. The van der Waals surface area contributed by atoms with Crippen molar-refractivity contribution in [1.29, 1.82) is 0 Å². The lowest BCUT2D eigenvalue weighted by Crippen LogP contribution is -2.33. The molecule has 0 fully saturated rings. The van der Waals surface area contributed by atoms with Crippen LogP contribution in [0.25, 0.3) is 22.5 Å². The molecule has 0 unspecified atom stereocenters. The Labute approximate surface area is 187 Å². The smallest absolute Gasteiger partial charge is 0.205 e. The van der Waals surface area contributed by atoms with Gasteiger partial charge in [-0.3, -0.25) is 5.01 Å². The number of nitrogens with zero attached hydrogens (tertiary/aromatic N) is 6. The van der Waals surface area contributed by atoms with Gasteiger partial charge in [-0.1, -0.05) is 54.6 Å². The first-order valence-corrected chi connectivity index (χ1v) is 10.7. The molecular formula is C25H25N7. The number of hydrogen-bond donors (Lipinski definition) is 1. The van der Waals surface area contributed by atoms with Crippen molar-refractivity contribution in [2.24, 2.45) is 4.99 Å². The van der Waals surface area contributed by atoms with Gasteiger partial charge < -0.3 is 0 Å². The zero-order valence-electron chi connectivity index (χ0n) is 18.4. The maximum Gasteiger partial charge on any atom is 0.205 e. The molecule has 0 bridgehead atoms. The first-order chi connectivity index (χ1) is 15.6. The van der Waals surface area contributed by atoms with Gasteiger partial charge in [0, 0.05) is 28.7 Å². The molecule has 1 aromatic heterocycles. The second-order valence-corrected chi connectivity index (χ2v) is 8.01. The van der Waals surface area contributed by atoms with Crippen molar-refractivity contribution in [3.05, 3.63) is 89.5 Å². The Morgan fingerprint density at radius 3 is 2.53 bits per heavy atom. The van der Waals surface area contributed by atoms with Gasteiger partial charge in [0.05, 0.1) is 6.54 Å². The molecule has 2 aliphatic heterocycles. The average Bonchev–Trinajstić information content (AvgIpc) is 3.44. The summed E-state index contributed by atoms with van der Waals surface area (Å²) in [5, 5.41) is 19.0. The van der Waals surface area contributed by atoms with Crippen LogP contribution in [0.4, 0.5) is 0 Å². The molecule has 0 amide bonds. The molecule has 2 aliphatic rings. The Balaban J connectivity index is 1.43. The highest BCUT2D eigenvalue weighted by molar-refractivity contribution is 5.95. The van der Waals surface area contributed by atoms with E-state index in [1.54, 1.807) is 0 Å². The summed E-state index contributed by atoms with van der Waals surface area (Å²) in [5.74, 6) is 1.65. The molecule has 5 rings (SSSR count). The minimum atomic E-state index is 0.598. The lowest BCUT2D eigenvalue weighted by Gasteiger charge is -2.32. The Morgan fingerprint density at radius 1 is 1.03 bits per heavy atom. The minimum Gasteiger partial charge on any atom is -0.283 e. The molecule has 0 saturated carbocycles. The molecule has 160 valence electrons. The molecule has 0 atom stereocenters. The van der Waals surface area contributed by atoms with Gasteiger partial charge in [-0.25, -0.2) is 10.0 Å². The van der Waals surface area contributed by atoms with E-state index in [1.807, 2.05) is 25.1 Å². The topological polar surface area (TPSA) is 73.3 Å². The van der Waals surface area contributed by atoms with E-state index in [4.69, 9.17) is 4.99 Å². The van der Waals surface area contributed by atoms with Crippen LogP contribution in [-0.4, -0.2) is 42.9 Å². The fourth-order valence-corrected chi connectivity index (χ4v) is 4.35. The molecule has 3 aromatic rings. The first kappa shape index (κ1) is 19.9. The van der Waals surface area contributed by atoms with Crippen molar-refractivity contribution in [3.63, 3.8) is 0 Å². The van der Waals surface area contributed by atoms with Crippen LogP contribution in [0.5, 0.6) is 0 Å². The van der Waals surface area contributed by atoms with Crippen molar-refractivity contribution in [2.45, 2.75) is 27.2 Å². The second-order valence-electron chi connectivity index (χ2n) is 8.01. The number of aliphatic imine (C=N–C) groups is 1. The van der Waals surface area contributed by atoms with E-state index in [0.717, 1.165) is 41.2 Å². The standard InChI is InChI=1S/C25H25N7/c1-4-13-31-16-21(25-26-17(2)14-18(3)32(25)31)15-19-9-11-20(12-10-19)22-7-5-6-8-23(22)24-27-29-30-28-24/h4-14H,15-16H2,1-3H3,(H,27,28,29,30)/b13-4+. The van der Waals surface area contributed by atoms with Gasteiger partial charge in [-0.05, 0) is 55.2 Å². The molecule has 3 heterocycles. The van der Waals surface area contributed by atoms with Crippen molar-refractivity contribution in [1.82, 2.24) is 30.6 Å². The van der Waals surface area contributed by atoms with Crippen molar-refractivity contribution < 1.29 is 0 Å². The zero-order valence-corrected chi connectivity index (χ0v) is 18.4. The summed E-state index contributed by atoms with van der Waals surface area (Å²) in [4.78, 5) is 4.86. The number of fused-ring (bicyclic) bond motifs is 1. The third-order valence-corrected chi connectivity index (χ3v) is 5.68. The minimum absolute atomic E-state index is 0.598. The third kappa shape index (κ3) is 3.62. The van der Waals surface area contributed by atoms with E-state index < -0.39 is 0 Å². The average molecular weight is 424 g/mol. The van der Waals surface area contributed by atoms with Crippen LogP contribution < -0.4 is 0 Å². The van der Waals surface area contributed by atoms with Gasteiger partial charge in [-0.15, -0.1) is 10.2 Å². The fourth-order valence-electron chi connectivity index (χ4n) is 4.35. The Morgan fingerprint density at radius 2 is 1.81 bits per heavy atom. The molecule has 7 heteroatoms. The normalized spacial score (nSPS) is 16.0. The van der Waals surface area contributed by atoms with Crippen molar-refractivity contribution >= 4 is 5.71 Å². The van der Waals surface area contributed by atoms with Crippen molar-refractivity contribution in [2.75, 3.05) is 6.54 Å². The first-order valence-electron chi connectivity index (χ1n) is 10.7. The van der Waals surface area contributed by atoms with Crippen LogP contribution in [0.15, 0.2) is 89.0 Å². The van der Waals surface area contributed by atoms with Gasteiger partial charge >= 0.3 is 0 Å². The van der Waals surface area contributed by atoms with E-state index >= 15 is 0 Å². The summed E-state index contributed by atoms with van der Waals surface area (Å²) in [7, 11) is 0. The molecule has 0 radical (unpaired) electrons. The molecule has 1 N–H and O–H groups in total. The third-order valence-electron chi connectivity index (χ3n) is 5.68. The molecule has 32 heavy (non-hydrogen) atoms. The molecule has 7 nitrogen and oxygen atoms in total. The van der Waals surface area contributed by atoms with E-state index in [0.29, 0.717) is 5.82 Å². The number of rotatable bonds is 5. The number of aromatic amines is 1. The number of H-pyrrole nitrogens is 1. The lowest BCUT2D eigenvalue weighted by molar-refractivity contribution is 0.137. The number of hydrazine groups is 1. The quantitative estimate of drug-likeness (QED) is 0.642. The van der Waals surface area contributed by atoms with Crippen LogP contribution in [0.2, 0.25) is 0 Å². The summed E-state index contributed by atoms with van der Waals surface area (Å²) in [6, 6.07) is 16.8. The number of nitrogens with one attached hydrogen (secondary N) is 1. The maximum atomic E-state index is 4.86. The van der Waals surface area contributed by atoms with Gasteiger partial charge in [-0.2, -0.15) is 5.21 Å². The maximum absolute atomic E-state index is 4.86. The van der Waals surface area contributed by atoms with Crippen molar-refractivity contribution in [3.8, 4) is 22.5 Å². The van der Waals surface area contributed by atoms with E-state index in [-0.39, 0.29) is 0 Å². The summed E-state index contributed by atoms with van der Waals surface area (Å²) in [5.41, 5.74) is 7.98. The highest BCUT2D eigenvalue weighted by Gasteiger charge is 2.31. The predicted molar refractivity (Wildman–Crippen MR) is 126 cm³/mol. The number of aromatic nitrogens is 4. The van der Waals surface area contributed by atoms with Crippen LogP contribution >= 0.6 is 0 Å². The largest absolute Gasteiger partial charge is 0.283 e. The zero-order chi connectivity index (χ0) is 22.1. The van der Waals surface area contributed by atoms with Gasteiger partial charge in [0.2, 0.25) is 5.82 Å². The van der Waals surface area contributed by atoms with Crippen LogP contribution in [0.1, 0.15) is 26.3 Å². The molecular weight excluding hydrogens is 398 g/mol. The number of hydrogen-bond acceptors (Lipinski definition) is 6. The van der Waals surface area contributed by atoms with Crippen LogP contribution in [0.3, 0.4) is 0 Å². The molecule has 0 aliphatic carbocycles. The summed E-state index contributed by atoms with van der Waals surface area (Å²) >= 11 is 0. The Hall–Kier alpha value is -4.00. The van der Waals surface area contributed by atoms with Gasteiger partial charge in [0.25, 0.3) is 0 Å². The number of allylic oxidation sites excluding steroid dienone is 3. The summed E-state index contributed by atoms with van der Waals surface area (Å²) in [6.07, 6.45) is 7.16. The Kier molecular flexibility index (Phi) is 5.15. The predicted octanol–water partition coefficient (Wildman–Crippen LogP) is 4.73. The van der Waals surface area contributed by atoms with Gasteiger partial charge in [0.1, 0.15) is 0 Å². The number of benzene rings is 2. The summed E-state index contributed by atoms with van der Waals surface area (Å²) < 4.78 is 0. The van der Waals surface area contributed by atoms with E-state index in [2.05, 4.69) is 93.2 Å². The monoisotopic (exact) mass is 423 g/mol. The fraction of sp³-hybridized carbons (Fsp3) is 0.200. The van der Waals surface area contributed by atoms with Crippen LogP contribution in [0, 0.1) is 0 Å². The SMILES string of the molecule is C/C=C/N1CC(Cc2ccc(-c3ccccc3-c3nn[nH]n3)cc2)=C2N=C(C)C=C(C)N21. The van der Waals surface area contributed by atoms with E-state index in [9.17, 15) is 0 Å². The molecule has 0 spiro atoms. The summed E-state index contributed by atoms with van der Waals surface area (Å²) in [6.45, 7) is 7.07. The number of tetrazole rings is 1. The second kappa shape index (κ2) is 8.26.